The fraction of sp³-hybridized carbons (Fsp3) is 0.125. The van der Waals surface area contributed by atoms with Gasteiger partial charge in [-0.25, -0.2) is 4.98 Å². The predicted octanol–water partition coefficient (Wildman–Crippen LogP) is 3.76. The second-order valence-corrected chi connectivity index (χ2v) is 4.53. The Morgan fingerprint density at radius 3 is 2.39 bits per heavy atom. The minimum atomic E-state index is -4.37. The van der Waals surface area contributed by atoms with E-state index in [1.165, 1.54) is 37.6 Å². The molecule has 1 amide bonds. The predicted molar refractivity (Wildman–Crippen MR) is 79.9 cm³/mol. The van der Waals surface area contributed by atoms with Gasteiger partial charge >= 0.3 is 6.18 Å². The second-order valence-electron chi connectivity index (χ2n) is 4.53. The normalized spacial score (nSPS) is 11.5. The van der Waals surface area contributed by atoms with E-state index in [4.69, 9.17) is 4.74 Å². The first-order valence-electron chi connectivity index (χ1n) is 6.55. The molecule has 1 aromatic heterocycles. The fourth-order valence-electron chi connectivity index (χ4n) is 1.71. The molecule has 2 aromatic rings. The summed E-state index contributed by atoms with van der Waals surface area (Å²) in [6.07, 6.45) is -0.289. The molecule has 1 heterocycles. The summed E-state index contributed by atoms with van der Waals surface area (Å²) >= 11 is 0. The molecule has 0 saturated carbocycles. The van der Waals surface area contributed by atoms with Crippen LogP contribution in [0.4, 0.5) is 18.9 Å². The smallest absolute Gasteiger partial charge is 0.416 e. The number of amides is 1. The van der Waals surface area contributed by atoms with Gasteiger partial charge in [0, 0.05) is 12.1 Å². The molecule has 0 atom stereocenters. The summed E-state index contributed by atoms with van der Waals surface area (Å²) in [5.74, 6) is 0.000148. The number of hydrogen-bond acceptors (Lipinski definition) is 3. The lowest BCUT2D eigenvalue weighted by atomic mass is 10.1. The quantitative estimate of drug-likeness (QED) is 0.872. The number of halogens is 3. The lowest BCUT2D eigenvalue weighted by molar-refractivity contribution is -0.137. The second kappa shape index (κ2) is 6.95. The van der Waals surface area contributed by atoms with Crippen molar-refractivity contribution in [1.29, 1.82) is 0 Å². The van der Waals surface area contributed by atoms with E-state index < -0.39 is 17.6 Å². The first-order valence-corrected chi connectivity index (χ1v) is 6.55. The third-order valence-corrected chi connectivity index (χ3v) is 2.88. The topological polar surface area (TPSA) is 51.2 Å². The number of hydrogen-bond donors (Lipinski definition) is 1. The summed E-state index contributed by atoms with van der Waals surface area (Å²) in [7, 11) is 1.48. The fourth-order valence-corrected chi connectivity index (χ4v) is 1.71. The van der Waals surface area contributed by atoms with E-state index in [-0.39, 0.29) is 0 Å². The zero-order chi connectivity index (χ0) is 16.9. The number of benzene rings is 1. The first kappa shape index (κ1) is 16.5. The summed E-state index contributed by atoms with van der Waals surface area (Å²) in [5.41, 5.74) is 0.234. The van der Waals surface area contributed by atoms with Crippen molar-refractivity contribution in [2.75, 3.05) is 12.4 Å². The van der Waals surface area contributed by atoms with Gasteiger partial charge in [-0.2, -0.15) is 13.2 Å². The van der Waals surface area contributed by atoms with Crippen molar-refractivity contribution in [3.8, 4) is 5.88 Å². The monoisotopic (exact) mass is 322 g/mol. The maximum atomic E-state index is 12.4. The Balaban J connectivity index is 1.97. The Labute approximate surface area is 130 Å². The molecule has 23 heavy (non-hydrogen) atoms. The van der Waals surface area contributed by atoms with Crippen molar-refractivity contribution in [3.05, 3.63) is 59.8 Å². The zero-order valence-electron chi connectivity index (χ0n) is 12.1. The minimum Gasteiger partial charge on any atom is -0.481 e. The highest BCUT2D eigenvalue weighted by atomic mass is 19.4. The van der Waals surface area contributed by atoms with E-state index >= 15 is 0 Å². The molecule has 0 aliphatic heterocycles. The molecule has 0 spiro atoms. The minimum absolute atomic E-state index is 0.420. The molecule has 0 radical (unpaired) electrons. The van der Waals surface area contributed by atoms with Crippen LogP contribution in [0.5, 0.6) is 5.88 Å². The highest BCUT2D eigenvalue weighted by Gasteiger charge is 2.29. The van der Waals surface area contributed by atoms with E-state index in [0.29, 0.717) is 17.1 Å². The molecule has 0 unspecified atom stereocenters. The third-order valence-electron chi connectivity index (χ3n) is 2.88. The lowest BCUT2D eigenvalue weighted by Crippen LogP contribution is -2.08. The zero-order valence-corrected chi connectivity index (χ0v) is 12.1. The van der Waals surface area contributed by atoms with E-state index in [0.717, 1.165) is 12.1 Å². The van der Waals surface area contributed by atoms with Gasteiger partial charge in [0.2, 0.25) is 11.8 Å². The van der Waals surface area contributed by atoms with Crippen LogP contribution >= 0.6 is 0 Å². The van der Waals surface area contributed by atoms with Crippen molar-refractivity contribution in [3.63, 3.8) is 0 Å². The Morgan fingerprint density at radius 2 is 1.87 bits per heavy atom. The number of pyridine rings is 1. The molecular weight excluding hydrogens is 309 g/mol. The van der Waals surface area contributed by atoms with Crippen molar-refractivity contribution in [1.82, 2.24) is 4.98 Å². The van der Waals surface area contributed by atoms with Gasteiger partial charge < -0.3 is 10.1 Å². The number of carbonyl (C=O) groups excluding carboxylic acids is 1. The highest BCUT2D eigenvalue weighted by molar-refractivity contribution is 6.01. The molecule has 7 heteroatoms. The first-order chi connectivity index (χ1) is 10.9. The number of nitrogens with zero attached hydrogens (tertiary/aromatic N) is 1. The number of alkyl halides is 3. The molecule has 0 aliphatic carbocycles. The van der Waals surface area contributed by atoms with Gasteiger partial charge in [-0.15, -0.1) is 0 Å². The molecule has 4 nitrogen and oxygen atoms in total. The van der Waals surface area contributed by atoms with Crippen LogP contribution in [0.25, 0.3) is 6.08 Å². The molecule has 0 aliphatic rings. The van der Waals surface area contributed by atoms with Crippen LogP contribution in [-0.4, -0.2) is 18.0 Å². The standard InChI is InChI=1S/C16H13F3N2O2/c1-23-15-9-7-13(10-20-15)21-14(22)8-4-11-2-5-12(6-3-11)16(17,18)19/h2-10H,1H3,(H,21,22)/b8-4+. The molecule has 0 bridgehead atoms. The van der Waals surface area contributed by atoms with Crippen molar-refractivity contribution in [2.24, 2.45) is 0 Å². The molecule has 1 aromatic carbocycles. The van der Waals surface area contributed by atoms with Gasteiger partial charge in [-0.3, -0.25) is 4.79 Å². The van der Waals surface area contributed by atoms with Crippen LogP contribution in [0.1, 0.15) is 11.1 Å². The molecule has 0 saturated heterocycles. The van der Waals surface area contributed by atoms with Crippen LogP contribution in [0, 0.1) is 0 Å². The SMILES string of the molecule is COc1ccc(NC(=O)/C=C/c2ccc(C(F)(F)F)cc2)cn1. The molecule has 0 fully saturated rings. The van der Waals surface area contributed by atoms with Gasteiger partial charge in [0.15, 0.2) is 0 Å². The van der Waals surface area contributed by atoms with E-state index in [1.807, 2.05) is 0 Å². The molecule has 1 N–H and O–H groups in total. The van der Waals surface area contributed by atoms with E-state index in [1.54, 1.807) is 12.1 Å². The summed E-state index contributed by atoms with van der Waals surface area (Å²) in [6.45, 7) is 0. The van der Waals surface area contributed by atoms with Crippen LogP contribution in [0.15, 0.2) is 48.7 Å². The third kappa shape index (κ3) is 4.84. The maximum absolute atomic E-state index is 12.4. The average Bonchev–Trinajstić information content (AvgIpc) is 2.53. The molecule has 2 rings (SSSR count). The summed E-state index contributed by atoms with van der Waals surface area (Å²) in [5, 5.41) is 2.58. The van der Waals surface area contributed by atoms with Crippen LogP contribution < -0.4 is 10.1 Å². The van der Waals surface area contributed by atoms with Crippen molar-refractivity contribution >= 4 is 17.7 Å². The van der Waals surface area contributed by atoms with Gasteiger partial charge in [-0.05, 0) is 29.8 Å². The number of aromatic nitrogens is 1. The van der Waals surface area contributed by atoms with Gasteiger partial charge in [0.25, 0.3) is 0 Å². The Bertz CT molecular complexity index is 693. The van der Waals surface area contributed by atoms with Gasteiger partial charge in [0.1, 0.15) is 0 Å². The molecular formula is C16H13F3N2O2. The lowest BCUT2D eigenvalue weighted by Gasteiger charge is -2.06. The molecule has 120 valence electrons. The van der Waals surface area contributed by atoms with Crippen LogP contribution in [-0.2, 0) is 11.0 Å². The van der Waals surface area contributed by atoms with Crippen molar-refractivity contribution in [2.45, 2.75) is 6.18 Å². The van der Waals surface area contributed by atoms with Gasteiger partial charge in [-0.1, -0.05) is 12.1 Å². The van der Waals surface area contributed by atoms with Crippen LogP contribution in [0.2, 0.25) is 0 Å². The van der Waals surface area contributed by atoms with E-state index in [2.05, 4.69) is 10.3 Å². The Kier molecular flexibility index (Phi) is 5.00. The highest BCUT2D eigenvalue weighted by Crippen LogP contribution is 2.29. The van der Waals surface area contributed by atoms with E-state index in [9.17, 15) is 18.0 Å². The Morgan fingerprint density at radius 1 is 1.17 bits per heavy atom. The summed E-state index contributed by atoms with van der Waals surface area (Å²) in [6, 6.07) is 7.73. The largest absolute Gasteiger partial charge is 0.481 e. The van der Waals surface area contributed by atoms with Gasteiger partial charge in [0.05, 0.1) is 24.6 Å². The number of rotatable bonds is 4. The Hall–Kier alpha value is -2.83. The summed E-state index contributed by atoms with van der Waals surface area (Å²) < 4.78 is 42.2. The summed E-state index contributed by atoms with van der Waals surface area (Å²) in [4.78, 5) is 15.7. The number of methoxy groups -OCH3 is 1. The van der Waals surface area contributed by atoms with Crippen molar-refractivity contribution < 1.29 is 22.7 Å². The maximum Gasteiger partial charge on any atom is 0.416 e. The average molecular weight is 322 g/mol. The number of nitrogens with one attached hydrogen (secondary N) is 1. The number of ether oxygens (including phenoxy) is 1. The number of anilines is 1. The number of carbonyl (C=O) groups is 1. The van der Waals surface area contributed by atoms with Crippen LogP contribution in [0.3, 0.4) is 0 Å².